The van der Waals surface area contributed by atoms with Gasteiger partial charge in [-0.1, -0.05) is 44.2 Å². The van der Waals surface area contributed by atoms with Crippen LogP contribution in [0.15, 0.2) is 60.9 Å². The van der Waals surface area contributed by atoms with Gasteiger partial charge in [0.05, 0.1) is 5.69 Å². The van der Waals surface area contributed by atoms with Gasteiger partial charge in [-0.05, 0) is 30.5 Å². The van der Waals surface area contributed by atoms with Crippen LogP contribution in [0.25, 0.3) is 11.3 Å². The summed E-state index contributed by atoms with van der Waals surface area (Å²) >= 11 is 0. The summed E-state index contributed by atoms with van der Waals surface area (Å²) < 4.78 is 0. The van der Waals surface area contributed by atoms with Gasteiger partial charge in [-0.15, -0.1) is 0 Å². The smallest absolute Gasteiger partial charge is 0.227 e. The van der Waals surface area contributed by atoms with Crippen molar-refractivity contribution >= 4 is 11.8 Å². The summed E-state index contributed by atoms with van der Waals surface area (Å²) in [4.78, 5) is 16.0. The number of aromatic nitrogens is 3. The summed E-state index contributed by atoms with van der Waals surface area (Å²) in [6, 6.07) is 16.3. The maximum absolute atomic E-state index is 4.86. The number of rotatable bonds is 9. The number of anilines is 2. The lowest BCUT2D eigenvalue weighted by Gasteiger charge is -2.22. The summed E-state index contributed by atoms with van der Waals surface area (Å²) in [5.74, 6) is 1.63. The van der Waals surface area contributed by atoms with Gasteiger partial charge in [0.15, 0.2) is 0 Å². The fraction of sp³-hybridized carbons (Fsp3) is 0.318. The molecule has 0 spiro atoms. The molecule has 0 saturated heterocycles. The highest BCUT2D eigenvalue weighted by atomic mass is 15.3. The van der Waals surface area contributed by atoms with Crippen molar-refractivity contribution in [3.8, 4) is 11.3 Å². The molecule has 140 valence electrons. The minimum Gasteiger partial charge on any atom is -0.366 e. The fourth-order valence-corrected chi connectivity index (χ4v) is 2.97. The average molecular weight is 361 g/mol. The van der Waals surface area contributed by atoms with Gasteiger partial charge in [0.25, 0.3) is 0 Å². The van der Waals surface area contributed by atoms with Crippen LogP contribution in [0.2, 0.25) is 0 Å². The lowest BCUT2D eigenvalue weighted by molar-refractivity contribution is 0.722. The zero-order valence-electron chi connectivity index (χ0n) is 16.1. The van der Waals surface area contributed by atoms with Crippen molar-refractivity contribution in [1.82, 2.24) is 15.0 Å². The Balaban J connectivity index is 1.92. The first-order chi connectivity index (χ1) is 13.3. The molecule has 0 saturated carbocycles. The van der Waals surface area contributed by atoms with E-state index in [4.69, 9.17) is 9.97 Å². The molecule has 1 N–H and O–H groups in total. The van der Waals surface area contributed by atoms with Crippen LogP contribution >= 0.6 is 0 Å². The molecule has 0 aliphatic rings. The van der Waals surface area contributed by atoms with E-state index in [1.165, 1.54) is 5.56 Å². The van der Waals surface area contributed by atoms with E-state index in [0.29, 0.717) is 6.54 Å². The van der Waals surface area contributed by atoms with Crippen molar-refractivity contribution in [1.29, 1.82) is 0 Å². The normalized spacial score (nSPS) is 10.6. The molecule has 0 unspecified atom stereocenters. The highest BCUT2D eigenvalue weighted by Gasteiger charge is 2.12. The Morgan fingerprint density at radius 2 is 1.59 bits per heavy atom. The number of hydrogen-bond donors (Lipinski definition) is 1. The fourth-order valence-electron chi connectivity index (χ4n) is 2.97. The first-order valence-corrected chi connectivity index (χ1v) is 9.62. The maximum atomic E-state index is 4.86. The first-order valence-electron chi connectivity index (χ1n) is 9.62. The van der Waals surface area contributed by atoms with E-state index < -0.39 is 0 Å². The van der Waals surface area contributed by atoms with Crippen molar-refractivity contribution < 1.29 is 0 Å². The van der Waals surface area contributed by atoms with Gasteiger partial charge in [-0.25, -0.2) is 4.98 Å². The Bertz CT molecular complexity index is 815. The predicted octanol–water partition coefficient (Wildman–Crippen LogP) is 4.78. The molecule has 3 aromatic rings. The van der Waals surface area contributed by atoms with E-state index in [9.17, 15) is 0 Å². The number of hydrogen-bond acceptors (Lipinski definition) is 5. The van der Waals surface area contributed by atoms with E-state index in [1.807, 2.05) is 48.8 Å². The van der Waals surface area contributed by atoms with Crippen LogP contribution in [0.3, 0.4) is 0 Å². The second kappa shape index (κ2) is 9.67. The van der Waals surface area contributed by atoms with Crippen molar-refractivity contribution in [3.63, 3.8) is 0 Å². The second-order valence-electron chi connectivity index (χ2n) is 6.50. The van der Waals surface area contributed by atoms with Crippen LogP contribution in [0.5, 0.6) is 0 Å². The molecular weight excluding hydrogens is 334 g/mol. The topological polar surface area (TPSA) is 53.9 Å². The molecule has 5 nitrogen and oxygen atoms in total. The third-order valence-corrected chi connectivity index (χ3v) is 4.28. The molecule has 5 heteroatoms. The highest BCUT2D eigenvalue weighted by Crippen LogP contribution is 2.23. The van der Waals surface area contributed by atoms with Crippen molar-refractivity contribution in [2.45, 2.75) is 33.2 Å². The van der Waals surface area contributed by atoms with E-state index in [-0.39, 0.29) is 0 Å². The number of nitrogens with zero attached hydrogens (tertiary/aromatic N) is 4. The van der Waals surface area contributed by atoms with Crippen molar-refractivity contribution in [3.05, 3.63) is 66.5 Å². The number of pyridine rings is 1. The molecule has 2 aromatic heterocycles. The van der Waals surface area contributed by atoms with E-state index in [0.717, 1.165) is 49.0 Å². The van der Waals surface area contributed by atoms with Crippen LogP contribution in [-0.4, -0.2) is 28.0 Å². The van der Waals surface area contributed by atoms with Crippen molar-refractivity contribution in [2.75, 3.05) is 23.3 Å². The molecule has 0 bridgehead atoms. The average Bonchev–Trinajstić information content (AvgIpc) is 2.73. The van der Waals surface area contributed by atoms with Crippen LogP contribution in [-0.2, 0) is 6.54 Å². The molecule has 3 rings (SSSR count). The Labute approximate surface area is 161 Å². The second-order valence-corrected chi connectivity index (χ2v) is 6.50. The SMILES string of the molecule is CCCN(CCC)c1nc(NCc2ccncc2)cc(-c2ccccc2)n1. The van der Waals surface area contributed by atoms with Gasteiger partial charge >= 0.3 is 0 Å². The molecule has 0 fully saturated rings. The maximum Gasteiger partial charge on any atom is 0.227 e. The van der Waals surface area contributed by atoms with E-state index in [2.05, 4.69) is 41.2 Å². The van der Waals surface area contributed by atoms with E-state index >= 15 is 0 Å². The van der Waals surface area contributed by atoms with E-state index in [1.54, 1.807) is 0 Å². The number of nitrogens with one attached hydrogen (secondary N) is 1. The highest BCUT2D eigenvalue weighted by molar-refractivity contribution is 5.64. The summed E-state index contributed by atoms with van der Waals surface area (Å²) in [7, 11) is 0. The standard InChI is InChI=1S/C22H27N5/c1-3-14-27(15-4-2)22-25-20(19-8-6-5-7-9-19)16-21(26-22)24-17-18-10-12-23-13-11-18/h5-13,16H,3-4,14-15,17H2,1-2H3,(H,24,25,26). The third kappa shape index (κ3) is 5.26. The molecule has 0 atom stereocenters. The summed E-state index contributed by atoms with van der Waals surface area (Å²) in [6.07, 6.45) is 5.75. The van der Waals surface area contributed by atoms with Gasteiger partial charge in [0.2, 0.25) is 5.95 Å². The predicted molar refractivity (Wildman–Crippen MR) is 112 cm³/mol. The van der Waals surface area contributed by atoms with Crippen LogP contribution in [0.4, 0.5) is 11.8 Å². The lowest BCUT2D eigenvalue weighted by Crippen LogP contribution is -2.27. The van der Waals surface area contributed by atoms with Crippen LogP contribution < -0.4 is 10.2 Å². The zero-order valence-corrected chi connectivity index (χ0v) is 16.1. The molecule has 27 heavy (non-hydrogen) atoms. The molecule has 0 aliphatic carbocycles. The molecule has 0 amide bonds. The summed E-state index contributed by atoms with van der Waals surface area (Å²) in [5.41, 5.74) is 3.21. The summed E-state index contributed by atoms with van der Waals surface area (Å²) in [5, 5.41) is 3.45. The molecule has 1 aromatic carbocycles. The molecule has 0 radical (unpaired) electrons. The lowest BCUT2D eigenvalue weighted by atomic mass is 10.1. The quantitative estimate of drug-likeness (QED) is 0.594. The Morgan fingerprint density at radius 3 is 2.26 bits per heavy atom. The molecular formula is C22H27N5. The third-order valence-electron chi connectivity index (χ3n) is 4.28. The molecule has 0 aliphatic heterocycles. The minimum atomic E-state index is 0.703. The van der Waals surface area contributed by atoms with Gasteiger partial charge < -0.3 is 10.2 Å². The Morgan fingerprint density at radius 1 is 0.889 bits per heavy atom. The Hall–Kier alpha value is -2.95. The van der Waals surface area contributed by atoms with Crippen LogP contribution in [0, 0.1) is 0 Å². The van der Waals surface area contributed by atoms with Crippen molar-refractivity contribution in [2.24, 2.45) is 0 Å². The first kappa shape index (κ1) is 18.8. The van der Waals surface area contributed by atoms with Gasteiger partial charge in [-0.3, -0.25) is 4.98 Å². The van der Waals surface area contributed by atoms with Crippen LogP contribution in [0.1, 0.15) is 32.3 Å². The van der Waals surface area contributed by atoms with Gasteiger partial charge in [0.1, 0.15) is 5.82 Å². The summed E-state index contributed by atoms with van der Waals surface area (Å²) in [6.45, 7) is 6.99. The Kier molecular flexibility index (Phi) is 6.74. The van der Waals surface area contributed by atoms with Gasteiger partial charge in [-0.2, -0.15) is 4.98 Å². The monoisotopic (exact) mass is 361 g/mol. The minimum absolute atomic E-state index is 0.703. The largest absolute Gasteiger partial charge is 0.366 e. The number of benzene rings is 1. The van der Waals surface area contributed by atoms with Gasteiger partial charge in [0, 0.05) is 43.7 Å². The molecule has 2 heterocycles. The zero-order chi connectivity index (χ0) is 18.9.